The normalized spacial score (nSPS) is 11.1. The maximum absolute atomic E-state index is 4.69. The summed E-state index contributed by atoms with van der Waals surface area (Å²) in [5.41, 5.74) is 3.45. The molecule has 1 aromatic heterocycles. The summed E-state index contributed by atoms with van der Waals surface area (Å²) >= 11 is 0. The summed E-state index contributed by atoms with van der Waals surface area (Å²) in [5, 5.41) is 5.03. The molecule has 0 saturated carbocycles. The first-order chi connectivity index (χ1) is 13.4. The highest BCUT2D eigenvalue weighted by Crippen LogP contribution is 2.33. The predicted octanol–water partition coefficient (Wildman–Crippen LogP) is 5.39. The lowest BCUT2D eigenvalue weighted by atomic mass is 9.96. The van der Waals surface area contributed by atoms with Gasteiger partial charge in [-0.25, -0.2) is 4.98 Å². The van der Waals surface area contributed by atoms with Gasteiger partial charge in [0, 0.05) is 11.1 Å². The first-order valence-corrected chi connectivity index (χ1v) is 9.18. The van der Waals surface area contributed by atoms with Gasteiger partial charge in [0.1, 0.15) is 5.69 Å². The van der Waals surface area contributed by atoms with Crippen molar-refractivity contribution in [2.24, 2.45) is 0 Å². The summed E-state index contributed by atoms with van der Waals surface area (Å²) in [6, 6.07) is 29.9. The Hall–Kier alpha value is -3.52. The van der Waals surface area contributed by atoms with Crippen molar-refractivity contribution in [1.29, 1.82) is 0 Å². The van der Waals surface area contributed by atoms with E-state index in [0.29, 0.717) is 0 Å². The first kappa shape index (κ1) is 15.7. The Kier molecular flexibility index (Phi) is 3.87. The molecule has 2 nitrogen and oxygen atoms in total. The zero-order valence-electron chi connectivity index (χ0n) is 14.9. The highest BCUT2D eigenvalue weighted by atomic mass is 15.0. The number of fused-ring (bicyclic) bond motifs is 3. The fourth-order valence-electron chi connectivity index (χ4n) is 3.73. The lowest BCUT2D eigenvalue weighted by Gasteiger charge is -2.09. The van der Waals surface area contributed by atoms with E-state index in [4.69, 9.17) is 0 Å². The summed E-state index contributed by atoms with van der Waals surface area (Å²) in [6.45, 7) is 0.835. The molecule has 0 aliphatic rings. The molecule has 0 atom stereocenters. The van der Waals surface area contributed by atoms with Gasteiger partial charge in [0.2, 0.25) is 0 Å². The minimum absolute atomic E-state index is 0.835. The number of aromatic nitrogens is 2. The van der Waals surface area contributed by atoms with Crippen molar-refractivity contribution in [1.82, 2.24) is 4.98 Å². The summed E-state index contributed by atoms with van der Waals surface area (Å²) in [6.07, 6.45) is 6.06. The number of rotatable bonds is 3. The second-order valence-electron chi connectivity index (χ2n) is 6.79. The van der Waals surface area contributed by atoms with E-state index in [1.807, 2.05) is 18.5 Å². The Labute approximate surface area is 158 Å². The van der Waals surface area contributed by atoms with Crippen molar-refractivity contribution in [2.45, 2.75) is 6.54 Å². The van der Waals surface area contributed by atoms with Crippen molar-refractivity contribution < 1.29 is 4.57 Å². The summed E-state index contributed by atoms with van der Waals surface area (Å²) in [5.74, 6) is 0. The Morgan fingerprint density at radius 2 is 1.41 bits per heavy atom. The number of hydrogen-bond acceptors (Lipinski definition) is 1. The van der Waals surface area contributed by atoms with Crippen LogP contribution in [0.15, 0.2) is 104 Å². The van der Waals surface area contributed by atoms with E-state index in [2.05, 4.69) is 94.6 Å². The number of benzene rings is 4. The molecular weight excluding hydrogens is 328 g/mol. The third-order valence-electron chi connectivity index (χ3n) is 5.01. The Bertz CT molecular complexity index is 1240. The second kappa shape index (κ2) is 6.65. The van der Waals surface area contributed by atoms with Gasteiger partial charge in [-0.3, -0.25) is 0 Å². The molecule has 5 rings (SSSR count). The maximum Gasteiger partial charge on any atom is 0.195 e. The first-order valence-electron chi connectivity index (χ1n) is 9.18. The number of hydrogen-bond donors (Lipinski definition) is 0. The zero-order valence-corrected chi connectivity index (χ0v) is 14.9. The largest absolute Gasteiger partial charge is 0.244 e. The summed E-state index contributed by atoms with van der Waals surface area (Å²) in [7, 11) is 0. The Morgan fingerprint density at radius 3 is 2.26 bits per heavy atom. The van der Waals surface area contributed by atoms with Crippen LogP contribution in [0, 0.1) is 0 Å². The highest BCUT2D eigenvalue weighted by Gasteiger charge is 2.12. The van der Waals surface area contributed by atoms with Crippen LogP contribution in [-0.4, -0.2) is 4.98 Å². The third-order valence-corrected chi connectivity index (χ3v) is 5.01. The highest BCUT2D eigenvalue weighted by molar-refractivity contribution is 6.13. The second-order valence-corrected chi connectivity index (χ2v) is 6.79. The average Bonchev–Trinajstić information content (AvgIpc) is 2.74. The molecule has 0 radical (unpaired) electrons. The van der Waals surface area contributed by atoms with Crippen molar-refractivity contribution in [2.75, 3.05) is 0 Å². The molecule has 2 heteroatoms. The quantitative estimate of drug-likeness (QED) is 0.316. The standard InChI is InChI=1S/C25H19N2/c1-2-8-19(9-3-1)17-27-15-14-26-25(18-27)24-16-20-10-4-5-11-21(20)22-12-6-7-13-23(22)24/h1-16,18H,17H2/q+1. The van der Waals surface area contributed by atoms with Gasteiger partial charge in [-0.05, 0) is 27.6 Å². The van der Waals surface area contributed by atoms with Gasteiger partial charge in [-0.2, -0.15) is 4.57 Å². The Balaban J connectivity index is 1.68. The topological polar surface area (TPSA) is 16.8 Å². The molecule has 4 aromatic carbocycles. The lowest BCUT2D eigenvalue weighted by Crippen LogP contribution is -2.33. The zero-order chi connectivity index (χ0) is 18.1. The van der Waals surface area contributed by atoms with Crippen LogP contribution in [0.5, 0.6) is 0 Å². The van der Waals surface area contributed by atoms with Crippen LogP contribution in [-0.2, 0) is 6.54 Å². The molecule has 0 aliphatic carbocycles. The monoisotopic (exact) mass is 347 g/mol. The van der Waals surface area contributed by atoms with Crippen molar-refractivity contribution in [3.63, 3.8) is 0 Å². The van der Waals surface area contributed by atoms with E-state index < -0.39 is 0 Å². The van der Waals surface area contributed by atoms with Gasteiger partial charge in [-0.15, -0.1) is 0 Å². The van der Waals surface area contributed by atoms with E-state index in [1.54, 1.807) is 0 Å². The lowest BCUT2D eigenvalue weighted by molar-refractivity contribution is -0.688. The van der Waals surface area contributed by atoms with Crippen LogP contribution >= 0.6 is 0 Å². The average molecular weight is 347 g/mol. The van der Waals surface area contributed by atoms with Crippen molar-refractivity contribution in [3.05, 3.63) is 109 Å². The minimum Gasteiger partial charge on any atom is -0.244 e. The van der Waals surface area contributed by atoms with Gasteiger partial charge < -0.3 is 0 Å². The van der Waals surface area contributed by atoms with E-state index in [0.717, 1.165) is 12.2 Å². The fraction of sp³-hybridized carbons (Fsp3) is 0.0400. The minimum atomic E-state index is 0.835. The molecule has 0 amide bonds. The molecule has 0 saturated heterocycles. The maximum atomic E-state index is 4.69. The van der Waals surface area contributed by atoms with Crippen LogP contribution in [0.25, 0.3) is 32.8 Å². The molecule has 0 bridgehead atoms. The fourth-order valence-corrected chi connectivity index (χ4v) is 3.73. The molecule has 0 fully saturated rings. The molecule has 0 N–H and O–H groups in total. The molecule has 27 heavy (non-hydrogen) atoms. The predicted molar refractivity (Wildman–Crippen MR) is 110 cm³/mol. The molecular formula is C25H19N2+. The van der Waals surface area contributed by atoms with E-state index in [-0.39, 0.29) is 0 Å². The van der Waals surface area contributed by atoms with Crippen molar-refractivity contribution in [3.8, 4) is 11.3 Å². The summed E-state index contributed by atoms with van der Waals surface area (Å²) < 4.78 is 2.20. The summed E-state index contributed by atoms with van der Waals surface area (Å²) in [4.78, 5) is 4.69. The van der Waals surface area contributed by atoms with Crippen LogP contribution < -0.4 is 4.57 Å². The Morgan fingerprint density at radius 1 is 0.704 bits per heavy atom. The number of nitrogens with zero attached hydrogens (tertiary/aromatic N) is 2. The molecule has 0 spiro atoms. The van der Waals surface area contributed by atoms with Crippen LogP contribution in [0.4, 0.5) is 0 Å². The van der Waals surface area contributed by atoms with Crippen LogP contribution in [0.3, 0.4) is 0 Å². The van der Waals surface area contributed by atoms with E-state index >= 15 is 0 Å². The molecule has 1 heterocycles. The molecule has 5 aromatic rings. The SMILES string of the molecule is c1ccc(C[n+]2ccnc(-c3cc4ccccc4c4ccccc34)c2)cc1. The van der Waals surface area contributed by atoms with Crippen molar-refractivity contribution >= 4 is 21.5 Å². The smallest absolute Gasteiger partial charge is 0.195 e. The van der Waals surface area contributed by atoms with Crippen LogP contribution in [0.2, 0.25) is 0 Å². The van der Waals surface area contributed by atoms with Gasteiger partial charge in [-0.1, -0.05) is 78.9 Å². The van der Waals surface area contributed by atoms with E-state index in [9.17, 15) is 0 Å². The molecule has 128 valence electrons. The van der Waals surface area contributed by atoms with Crippen LogP contribution in [0.1, 0.15) is 5.56 Å². The van der Waals surface area contributed by atoms with Gasteiger partial charge >= 0.3 is 0 Å². The molecule has 0 unspecified atom stereocenters. The van der Waals surface area contributed by atoms with Gasteiger partial charge in [0.05, 0.1) is 6.20 Å². The third kappa shape index (κ3) is 2.96. The molecule has 0 aliphatic heterocycles. The van der Waals surface area contributed by atoms with Gasteiger partial charge in [0.15, 0.2) is 18.9 Å². The van der Waals surface area contributed by atoms with E-state index in [1.165, 1.54) is 32.7 Å². The van der Waals surface area contributed by atoms with Gasteiger partial charge in [0.25, 0.3) is 0 Å².